The summed E-state index contributed by atoms with van der Waals surface area (Å²) in [4.78, 5) is 20.5. The van der Waals surface area contributed by atoms with E-state index in [0.717, 1.165) is 0 Å². The van der Waals surface area contributed by atoms with Gasteiger partial charge in [0, 0.05) is 7.05 Å². The fraction of sp³-hybridized carbons (Fsp3) is 0.600. The molecule has 0 unspecified atom stereocenters. The number of nitrogens with one attached hydrogen (secondary N) is 2. The van der Waals surface area contributed by atoms with Gasteiger partial charge in [0.1, 0.15) is 6.04 Å². The third-order valence-corrected chi connectivity index (χ3v) is 0.945. The van der Waals surface area contributed by atoms with Crippen molar-refractivity contribution >= 4 is 12.0 Å². The minimum Gasteiger partial charge on any atom is -0.480 e. The number of carbonyl (C=O) groups excluding carboxylic acids is 1. The van der Waals surface area contributed by atoms with Gasteiger partial charge in [-0.15, -0.1) is 0 Å². The summed E-state index contributed by atoms with van der Waals surface area (Å²) in [5, 5.41) is 12.7. The van der Waals surface area contributed by atoms with Crippen molar-refractivity contribution in [1.82, 2.24) is 10.6 Å². The Morgan fingerprint density at radius 3 is 2.30 bits per heavy atom. The van der Waals surface area contributed by atoms with E-state index in [4.69, 9.17) is 5.11 Å². The maximum atomic E-state index is 10.4. The first-order chi connectivity index (χ1) is 4.57. The van der Waals surface area contributed by atoms with Crippen molar-refractivity contribution in [3.05, 3.63) is 0 Å². The maximum absolute atomic E-state index is 10.4. The summed E-state index contributed by atoms with van der Waals surface area (Å²) >= 11 is 0. The molecule has 0 aliphatic rings. The molecule has 0 radical (unpaired) electrons. The largest absolute Gasteiger partial charge is 0.480 e. The zero-order valence-corrected chi connectivity index (χ0v) is 5.84. The summed E-state index contributed by atoms with van der Waals surface area (Å²) in [6.07, 6.45) is 0. The van der Waals surface area contributed by atoms with E-state index in [1.54, 1.807) is 0 Å². The van der Waals surface area contributed by atoms with Gasteiger partial charge in [-0.2, -0.15) is 0 Å². The quantitative estimate of drug-likeness (QED) is 0.486. The predicted molar refractivity (Wildman–Crippen MR) is 34.7 cm³/mol. The van der Waals surface area contributed by atoms with Crippen molar-refractivity contribution < 1.29 is 14.7 Å². The number of carbonyl (C=O) groups is 2. The van der Waals surface area contributed by atoms with E-state index < -0.39 is 18.0 Å². The summed E-state index contributed by atoms with van der Waals surface area (Å²) in [5.41, 5.74) is 0. The monoisotopic (exact) mass is 146 g/mol. The molecule has 0 rings (SSSR count). The van der Waals surface area contributed by atoms with E-state index in [-0.39, 0.29) is 0 Å². The molecule has 0 saturated carbocycles. The zero-order chi connectivity index (χ0) is 8.15. The standard InChI is InChI=1S/C5H10N2O3/c1-3(4(8)9)7-5(10)6-2/h3H,1-2H3,(H,8,9)(H2,6,7,10)/t3-/m1/s1. The van der Waals surface area contributed by atoms with E-state index in [2.05, 4.69) is 10.6 Å². The van der Waals surface area contributed by atoms with Gasteiger partial charge in [-0.25, -0.2) is 4.79 Å². The van der Waals surface area contributed by atoms with Gasteiger partial charge in [-0.1, -0.05) is 0 Å². The topological polar surface area (TPSA) is 78.4 Å². The highest BCUT2D eigenvalue weighted by molar-refractivity contribution is 5.81. The van der Waals surface area contributed by atoms with Gasteiger partial charge in [-0.05, 0) is 6.92 Å². The van der Waals surface area contributed by atoms with Gasteiger partial charge < -0.3 is 15.7 Å². The Labute approximate surface area is 58.4 Å². The van der Waals surface area contributed by atoms with Crippen molar-refractivity contribution in [3.63, 3.8) is 0 Å². The lowest BCUT2D eigenvalue weighted by Crippen LogP contribution is -2.42. The molecule has 0 aromatic rings. The van der Waals surface area contributed by atoms with Gasteiger partial charge in [0.2, 0.25) is 0 Å². The minimum atomic E-state index is -1.05. The second-order valence-electron chi connectivity index (χ2n) is 1.78. The van der Waals surface area contributed by atoms with E-state index in [9.17, 15) is 9.59 Å². The maximum Gasteiger partial charge on any atom is 0.325 e. The first-order valence-corrected chi connectivity index (χ1v) is 2.79. The summed E-state index contributed by atoms with van der Waals surface area (Å²) in [6.45, 7) is 1.39. The molecule has 0 fully saturated rings. The molecule has 0 spiro atoms. The molecule has 0 aromatic carbocycles. The van der Waals surface area contributed by atoms with Crippen LogP contribution in [0.15, 0.2) is 0 Å². The molecular formula is C5H10N2O3. The van der Waals surface area contributed by atoms with Gasteiger partial charge >= 0.3 is 12.0 Å². The fourth-order valence-electron chi connectivity index (χ4n) is 0.331. The molecule has 5 heteroatoms. The van der Waals surface area contributed by atoms with Crippen LogP contribution in [0, 0.1) is 0 Å². The van der Waals surface area contributed by atoms with Crippen LogP contribution in [0.25, 0.3) is 0 Å². The first-order valence-electron chi connectivity index (χ1n) is 2.79. The van der Waals surface area contributed by atoms with Crippen LogP contribution < -0.4 is 10.6 Å². The average molecular weight is 146 g/mol. The van der Waals surface area contributed by atoms with Crippen LogP contribution in [-0.2, 0) is 4.79 Å². The lowest BCUT2D eigenvalue weighted by molar-refractivity contribution is -0.138. The van der Waals surface area contributed by atoms with Crippen LogP contribution in [0.1, 0.15) is 6.92 Å². The van der Waals surface area contributed by atoms with Crippen LogP contribution in [-0.4, -0.2) is 30.2 Å². The van der Waals surface area contributed by atoms with Gasteiger partial charge in [0.05, 0.1) is 0 Å². The van der Waals surface area contributed by atoms with Crippen molar-refractivity contribution in [3.8, 4) is 0 Å². The van der Waals surface area contributed by atoms with Crippen molar-refractivity contribution in [1.29, 1.82) is 0 Å². The number of amides is 2. The molecule has 1 atom stereocenters. The Morgan fingerprint density at radius 2 is 2.00 bits per heavy atom. The lowest BCUT2D eigenvalue weighted by Gasteiger charge is -2.07. The third-order valence-electron chi connectivity index (χ3n) is 0.945. The molecule has 5 nitrogen and oxygen atoms in total. The number of hydrogen-bond acceptors (Lipinski definition) is 2. The third kappa shape index (κ3) is 2.91. The smallest absolute Gasteiger partial charge is 0.325 e. The Kier molecular flexibility index (Phi) is 3.24. The van der Waals surface area contributed by atoms with Gasteiger partial charge in [0.15, 0.2) is 0 Å². The minimum absolute atomic E-state index is 0.491. The second kappa shape index (κ2) is 3.71. The number of carboxylic acid groups (broad SMARTS) is 1. The molecule has 10 heavy (non-hydrogen) atoms. The summed E-state index contributed by atoms with van der Waals surface area (Å²) in [6, 6.07) is -1.34. The normalized spacial score (nSPS) is 11.8. The Morgan fingerprint density at radius 1 is 1.50 bits per heavy atom. The first kappa shape index (κ1) is 8.74. The van der Waals surface area contributed by atoms with Crippen molar-refractivity contribution in [2.45, 2.75) is 13.0 Å². The molecule has 58 valence electrons. The van der Waals surface area contributed by atoms with Crippen molar-refractivity contribution in [2.75, 3.05) is 7.05 Å². The zero-order valence-electron chi connectivity index (χ0n) is 5.84. The number of rotatable bonds is 2. The summed E-state index contributed by atoms with van der Waals surface area (Å²) in [7, 11) is 1.42. The molecule has 0 bridgehead atoms. The fourth-order valence-corrected chi connectivity index (χ4v) is 0.331. The van der Waals surface area contributed by atoms with Crippen LogP contribution in [0.2, 0.25) is 0 Å². The summed E-state index contributed by atoms with van der Waals surface area (Å²) in [5.74, 6) is -1.05. The molecule has 2 amide bonds. The average Bonchev–Trinajstić information content (AvgIpc) is 1.87. The molecule has 0 heterocycles. The molecule has 0 aliphatic heterocycles. The highest BCUT2D eigenvalue weighted by Gasteiger charge is 2.11. The van der Waals surface area contributed by atoms with E-state index in [0.29, 0.717) is 0 Å². The molecule has 0 saturated heterocycles. The van der Waals surface area contributed by atoms with E-state index in [1.165, 1.54) is 14.0 Å². The Bertz CT molecular complexity index is 146. The number of urea groups is 1. The lowest BCUT2D eigenvalue weighted by atomic mass is 10.3. The molecule has 0 aliphatic carbocycles. The van der Waals surface area contributed by atoms with Crippen LogP contribution >= 0.6 is 0 Å². The Hall–Kier alpha value is -1.26. The number of hydrogen-bond donors (Lipinski definition) is 3. The Balaban J connectivity index is 3.68. The van der Waals surface area contributed by atoms with Crippen LogP contribution in [0.3, 0.4) is 0 Å². The van der Waals surface area contributed by atoms with E-state index >= 15 is 0 Å². The van der Waals surface area contributed by atoms with Gasteiger partial charge in [-0.3, -0.25) is 4.79 Å². The highest BCUT2D eigenvalue weighted by Crippen LogP contribution is 1.78. The van der Waals surface area contributed by atoms with Crippen molar-refractivity contribution in [2.24, 2.45) is 0 Å². The number of carboxylic acids is 1. The molecule has 3 N–H and O–H groups in total. The SMILES string of the molecule is CNC(=O)N[C@H](C)C(=O)O. The molecular weight excluding hydrogens is 136 g/mol. The van der Waals surface area contributed by atoms with Gasteiger partial charge in [0.25, 0.3) is 0 Å². The van der Waals surface area contributed by atoms with Crippen LogP contribution in [0.5, 0.6) is 0 Å². The van der Waals surface area contributed by atoms with E-state index in [1.807, 2.05) is 0 Å². The second-order valence-corrected chi connectivity index (χ2v) is 1.78. The number of aliphatic carboxylic acids is 1. The highest BCUT2D eigenvalue weighted by atomic mass is 16.4. The van der Waals surface area contributed by atoms with Crippen LogP contribution in [0.4, 0.5) is 4.79 Å². The summed E-state index contributed by atoms with van der Waals surface area (Å²) < 4.78 is 0. The molecule has 0 aromatic heterocycles. The predicted octanol–water partition coefficient (Wildman–Crippen LogP) is -0.611.